The molecule has 18 heavy (non-hydrogen) atoms. The number of benzene rings is 1. The Hall–Kier alpha value is -1.75. The Kier molecular flexibility index (Phi) is 4.04. The minimum atomic E-state index is -0.525. The highest BCUT2D eigenvalue weighted by molar-refractivity contribution is 6.30. The summed E-state index contributed by atoms with van der Waals surface area (Å²) in [5.74, 6) is 0.127. The van der Waals surface area contributed by atoms with Crippen LogP contribution in [0, 0.1) is 5.82 Å². The Labute approximate surface area is 109 Å². The number of nitrogens with zero attached hydrogens (tertiary/aromatic N) is 2. The lowest BCUT2D eigenvalue weighted by Crippen LogP contribution is -2.06. The Bertz CT molecular complexity index is 530. The lowest BCUT2D eigenvalue weighted by Gasteiger charge is -2.07. The molecule has 0 aliphatic carbocycles. The Morgan fingerprint density at radius 1 is 1.39 bits per heavy atom. The van der Waals surface area contributed by atoms with Gasteiger partial charge in [0.05, 0.1) is 11.6 Å². The summed E-state index contributed by atoms with van der Waals surface area (Å²) in [6.07, 6.45) is 2.49. The summed E-state index contributed by atoms with van der Waals surface area (Å²) in [5.41, 5.74) is 5.48. The first-order chi connectivity index (χ1) is 8.66. The van der Waals surface area contributed by atoms with Gasteiger partial charge in [-0.1, -0.05) is 17.7 Å². The predicted molar refractivity (Wildman–Crippen MR) is 68.2 cm³/mol. The van der Waals surface area contributed by atoms with Crippen molar-refractivity contribution in [1.82, 2.24) is 9.78 Å². The number of anilines is 1. The summed E-state index contributed by atoms with van der Waals surface area (Å²) < 4.78 is 20.5. The molecular weight excluding hydrogens is 257 g/mol. The van der Waals surface area contributed by atoms with E-state index >= 15 is 0 Å². The molecule has 2 aromatic rings. The zero-order valence-electron chi connectivity index (χ0n) is 9.64. The topological polar surface area (TPSA) is 53.1 Å². The standard InChI is InChI=1S/C12H13ClFN3O/c13-9-3-1-4-10(12(9)14)18-8-2-6-17-7-5-11(15)16-17/h1,3-5,7H,2,6,8H2,(H2,15,16). The van der Waals surface area contributed by atoms with Crippen molar-refractivity contribution in [2.45, 2.75) is 13.0 Å². The van der Waals surface area contributed by atoms with Crippen LogP contribution in [0.1, 0.15) is 6.42 Å². The van der Waals surface area contributed by atoms with Crippen molar-refractivity contribution in [1.29, 1.82) is 0 Å². The molecule has 96 valence electrons. The minimum Gasteiger partial charge on any atom is -0.490 e. The number of nitrogen functional groups attached to an aromatic ring is 1. The van der Waals surface area contributed by atoms with Crippen LogP contribution in [0.3, 0.4) is 0 Å². The van der Waals surface area contributed by atoms with E-state index in [0.29, 0.717) is 25.4 Å². The highest BCUT2D eigenvalue weighted by Gasteiger charge is 2.06. The van der Waals surface area contributed by atoms with Gasteiger partial charge in [0.25, 0.3) is 0 Å². The van der Waals surface area contributed by atoms with Crippen molar-refractivity contribution in [3.8, 4) is 5.75 Å². The number of rotatable bonds is 5. The lowest BCUT2D eigenvalue weighted by molar-refractivity contribution is 0.285. The maximum atomic E-state index is 13.5. The van der Waals surface area contributed by atoms with E-state index in [9.17, 15) is 4.39 Å². The molecule has 2 rings (SSSR count). The highest BCUT2D eigenvalue weighted by atomic mass is 35.5. The van der Waals surface area contributed by atoms with E-state index in [2.05, 4.69) is 5.10 Å². The molecule has 0 aliphatic rings. The molecule has 1 aromatic heterocycles. The molecule has 0 spiro atoms. The summed E-state index contributed by atoms with van der Waals surface area (Å²) in [7, 11) is 0. The summed E-state index contributed by atoms with van der Waals surface area (Å²) in [4.78, 5) is 0. The van der Waals surface area contributed by atoms with Crippen molar-refractivity contribution in [2.75, 3.05) is 12.3 Å². The molecule has 0 radical (unpaired) electrons. The fourth-order valence-corrected chi connectivity index (χ4v) is 1.67. The maximum Gasteiger partial charge on any atom is 0.183 e. The van der Waals surface area contributed by atoms with Crippen molar-refractivity contribution < 1.29 is 9.13 Å². The normalized spacial score (nSPS) is 10.6. The molecular formula is C12H13ClFN3O. The van der Waals surface area contributed by atoms with E-state index in [1.807, 2.05) is 0 Å². The molecule has 0 unspecified atom stereocenters. The number of halogens is 2. The zero-order chi connectivity index (χ0) is 13.0. The van der Waals surface area contributed by atoms with Gasteiger partial charge >= 0.3 is 0 Å². The Morgan fingerprint density at radius 3 is 2.94 bits per heavy atom. The third-order valence-electron chi connectivity index (χ3n) is 2.37. The van der Waals surface area contributed by atoms with E-state index < -0.39 is 5.82 Å². The first-order valence-corrected chi connectivity index (χ1v) is 5.90. The molecule has 0 saturated carbocycles. The van der Waals surface area contributed by atoms with Crippen LogP contribution in [0.2, 0.25) is 5.02 Å². The number of ether oxygens (including phenoxy) is 1. The van der Waals surface area contributed by atoms with Crippen molar-refractivity contribution in [3.63, 3.8) is 0 Å². The fraction of sp³-hybridized carbons (Fsp3) is 0.250. The van der Waals surface area contributed by atoms with Gasteiger partial charge in [-0.2, -0.15) is 5.10 Å². The summed E-state index contributed by atoms with van der Waals surface area (Å²) in [6.45, 7) is 1.05. The van der Waals surface area contributed by atoms with Crippen molar-refractivity contribution >= 4 is 17.4 Å². The number of hydrogen-bond acceptors (Lipinski definition) is 3. The second kappa shape index (κ2) is 5.73. The molecule has 2 N–H and O–H groups in total. The van der Waals surface area contributed by atoms with Gasteiger partial charge in [0, 0.05) is 19.2 Å². The van der Waals surface area contributed by atoms with Gasteiger partial charge in [-0.05, 0) is 18.2 Å². The SMILES string of the molecule is Nc1ccn(CCCOc2cccc(Cl)c2F)n1. The van der Waals surface area contributed by atoms with Crippen LogP contribution in [-0.2, 0) is 6.54 Å². The van der Waals surface area contributed by atoms with E-state index in [1.54, 1.807) is 29.1 Å². The van der Waals surface area contributed by atoms with E-state index in [-0.39, 0.29) is 10.8 Å². The van der Waals surface area contributed by atoms with Gasteiger partial charge in [-0.25, -0.2) is 4.39 Å². The van der Waals surface area contributed by atoms with E-state index in [0.717, 1.165) is 0 Å². The summed E-state index contributed by atoms with van der Waals surface area (Å²) in [6, 6.07) is 6.40. The first kappa shape index (κ1) is 12.7. The number of hydrogen-bond donors (Lipinski definition) is 1. The molecule has 0 aliphatic heterocycles. The molecule has 0 saturated heterocycles. The maximum absolute atomic E-state index is 13.5. The molecule has 0 atom stereocenters. The number of aryl methyl sites for hydroxylation is 1. The molecule has 0 bridgehead atoms. The van der Waals surface area contributed by atoms with Gasteiger partial charge in [-0.3, -0.25) is 4.68 Å². The monoisotopic (exact) mass is 269 g/mol. The van der Waals surface area contributed by atoms with Gasteiger partial charge < -0.3 is 10.5 Å². The molecule has 6 heteroatoms. The van der Waals surface area contributed by atoms with Crippen LogP contribution in [-0.4, -0.2) is 16.4 Å². The largest absolute Gasteiger partial charge is 0.490 e. The smallest absolute Gasteiger partial charge is 0.183 e. The second-order valence-electron chi connectivity index (χ2n) is 3.76. The highest BCUT2D eigenvalue weighted by Crippen LogP contribution is 2.24. The molecule has 0 amide bonds. The van der Waals surface area contributed by atoms with Gasteiger partial charge in [-0.15, -0.1) is 0 Å². The van der Waals surface area contributed by atoms with Crippen molar-refractivity contribution in [2.24, 2.45) is 0 Å². The van der Waals surface area contributed by atoms with Crippen molar-refractivity contribution in [3.05, 3.63) is 41.3 Å². The molecule has 0 fully saturated rings. The Morgan fingerprint density at radius 2 is 2.22 bits per heavy atom. The molecule has 1 aromatic carbocycles. The van der Waals surface area contributed by atoms with Gasteiger partial charge in [0.2, 0.25) is 0 Å². The van der Waals surface area contributed by atoms with Crippen LogP contribution < -0.4 is 10.5 Å². The van der Waals surface area contributed by atoms with Crippen LogP contribution in [0.5, 0.6) is 5.75 Å². The van der Waals surface area contributed by atoms with Crippen LogP contribution >= 0.6 is 11.6 Å². The van der Waals surface area contributed by atoms with Crippen LogP contribution in [0.15, 0.2) is 30.5 Å². The average molecular weight is 270 g/mol. The van der Waals surface area contributed by atoms with Crippen LogP contribution in [0.4, 0.5) is 10.2 Å². The first-order valence-electron chi connectivity index (χ1n) is 5.52. The number of aromatic nitrogens is 2. The van der Waals surface area contributed by atoms with Gasteiger partial charge in [0.15, 0.2) is 11.6 Å². The average Bonchev–Trinajstić information content (AvgIpc) is 2.76. The molecule has 1 heterocycles. The lowest BCUT2D eigenvalue weighted by atomic mass is 10.3. The minimum absolute atomic E-state index is 0.0624. The predicted octanol–water partition coefficient (Wildman–Crippen LogP) is 2.73. The fourth-order valence-electron chi connectivity index (χ4n) is 1.51. The van der Waals surface area contributed by atoms with Crippen LogP contribution in [0.25, 0.3) is 0 Å². The quantitative estimate of drug-likeness (QED) is 0.849. The van der Waals surface area contributed by atoms with E-state index in [4.69, 9.17) is 22.1 Å². The van der Waals surface area contributed by atoms with E-state index in [1.165, 1.54) is 6.07 Å². The molecule has 4 nitrogen and oxygen atoms in total. The Balaban J connectivity index is 1.80. The summed E-state index contributed by atoms with van der Waals surface area (Å²) >= 11 is 5.64. The second-order valence-corrected chi connectivity index (χ2v) is 4.16. The van der Waals surface area contributed by atoms with Gasteiger partial charge in [0.1, 0.15) is 5.82 Å². The summed E-state index contributed by atoms with van der Waals surface area (Å²) in [5, 5.41) is 4.09. The zero-order valence-corrected chi connectivity index (χ0v) is 10.4. The third kappa shape index (κ3) is 3.13. The number of nitrogens with two attached hydrogens (primary N) is 1. The third-order valence-corrected chi connectivity index (χ3v) is 2.66.